The van der Waals surface area contributed by atoms with Crippen LogP contribution in [0.25, 0.3) is 0 Å². The Morgan fingerprint density at radius 3 is 2.62 bits per heavy atom. The number of nitrogens with zero attached hydrogens (tertiary/aromatic N) is 4. The van der Waals surface area contributed by atoms with Gasteiger partial charge in [0.1, 0.15) is 5.75 Å². The van der Waals surface area contributed by atoms with E-state index in [4.69, 9.17) is 4.74 Å². The minimum absolute atomic E-state index is 0.512. The number of rotatable bonds is 5. The summed E-state index contributed by atoms with van der Waals surface area (Å²) in [6, 6.07) is 8.15. The maximum absolute atomic E-state index is 5.49. The molecule has 1 aromatic heterocycles. The Labute approximate surface area is 129 Å². The van der Waals surface area contributed by atoms with Crippen molar-refractivity contribution in [3.05, 3.63) is 24.3 Å². The molecule has 0 N–H and O–H groups in total. The Kier molecular flexibility index (Phi) is 4.05. The molecule has 0 atom stereocenters. The van der Waals surface area contributed by atoms with Crippen molar-refractivity contribution in [1.29, 1.82) is 0 Å². The highest BCUT2D eigenvalue weighted by molar-refractivity contribution is 7.99. The van der Waals surface area contributed by atoms with Crippen LogP contribution in [-0.2, 0) is 6.54 Å². The molecule has 0 amide bonds. The highest BCUT2D eigenvalue weighted by atomic mass is 32.2. The van der Waals surface area contributed by atoms with Crippen LogP contribution in [0.5, 0.6) is 5.75 Å². The van der Waals surface area contributed by atoms with Crippen molar-refractivity contribution >= 4 is 23.4 Å². The molecule has 0 saturated heterocycles. The van der Waals surface area contributed by atoms with Crippen LogP contribution >= 0.6 is 11.8 Å². The lowest BCUT2D eigenvalue weighted by Crippen LogP contribution is -2.14. The second kappa shape index (κ2) is 5.97. The van der Waals surface area contributed by atoms with E-state index in [0.717, 1.165) is 35.6 Å². The number of thioether (sulfide) groups is 1. The third-order valence-electron chi connectivity index (χ3n) is 3.29. The number of hydrogen-bond acceptors (Lipinski definition) is 5. The highest BCUT2D eigenvalue weighted by Crippen LogP contribution is 2.33. The number of ether oxygens (including phenoxy) is 1. The van der Waals surface area contributed by atoms with E-state index in [1.807, 2.05) is 19.1 Å². The molecular weight excluding hydrogens is 284 g/mol. The van der Waals surface area contributed by atoms with Gasteiger partial charge < -0.3 is 9.64 Å². The van der Waals surface area contributed by atoms with Crippen molar-refractivity contribution in [2.45, 2.75) is 37.7 Å². The SMILES string of the molecule is CCOc1ccc(N2CCn3c(SC(C)C)nnc32)cc1. The average molecular weight is 304 g/mol. The van der Waals surface area contributed by atoms with Crippen molar-refractivity contribution in [2.75, 3.05) is 18.1 Å². The summed E-state index contributed by atoms with van der Waals surface area (Å²) in [6.07, 6.45) is 0. The monoisotopic (exact) mass is 304 g/mol. The topological polar surface area (TPSA) is 43.2 Å². The number of aromatic nitrogens is 3. The number of fused-ring (bicyclic) bond motifs is 1. The smallest absolute Gasteiger partial charge is 0.232 e. The van der Waals surface area contributed by atoms with E-state index in [0.29, 0.717) is 11.9 Å². The van der Waals surface area contributed by atoms with E-state index in [1.54, 1.807) is 11.8 Å². The van der Waals surface area contributed by atoms with Crippen LogP contribution in [0, 0.1) is 0 Å². The predicted octanol–water partition coefficient (Wildman–Crippen LogP) is 3.33. The second-order valence-electron chi connectivity index (χ2n) is 5.18. The molecule has 0 unspecified atom stereocenters. The molecule has 3 rings (SSSR count). The minimum atomic E-state index is 0.512. The Bertz CT molecular complexity index is 609. The van der Waals surface area contributed by atoms with Crippen LogP contribution in [0.1, 0.15) is 20.8 Å². The van der Waals surface area contributed by atoms with Gasteiger partial charge in [0.2, 0.25) is 5.95 Å². The molecule has 2 heterocycles. The molecule has 2 aromatic rings. The molecule has 1 aliphatic heterocycles. The van der Waals surface area contributed by atoms with E-state index in [9.17, 15) is 0 Å². The van der Waals surface area contributed by atoms with Crippen LogP contribution in [0.4, 0.5) is 11.6 Å². The zero-order valence-corrected chi connectivity index (χ0v) is 13.4. The van der Waals surface area contributed by atoms with Gasteiger partial charge in [0.25, 0.3) is 0 Å². The Balaban J connectivity index is 1.82. The summed E-state index contributed by atoms with van der Waals surface area (Å²) >= 11 is 1.76. The third kappa shape index (κ3) is 2.85. The fourth-order valence-corrected chi connectivity index (χ4v) is 3.22. The molecule has 0 aliphatic carbocycles. The average Bonchev–Trinajstić information content (AvgIpc) is 3.03. The molecule has 0 saturated carbocycles. The van der Waals surface area contributed by atoms with Crippen molar-refractivity contribution in [3.8, 4) is 5.75 Å². The van der Waals surface area contributed by atoms with Crippen LogP contribution in [0.15, 0.2) is 29.4 Å². The molecular formula is C15H20N4OS. The highest BCUT2D eigenvalue weighted by Gasteiger charge is 2.26. The first kappa shape index (κ1) is 14.3. The van der Waals surface area contributed by atoms with E-state index >= 15 is 0 Å². The van der Waals surface area contributed by atoms with Crippen LogP contribution in [0.3, 0.4) is 0 Å². The summed E-state index contributed by atoms with van der Waals surface area (Å²) in [5.74, 6) is 1.83. The van der Waals surface area contributed by atoms with Crippen molar-refractivity contribution in [1.82, 2.24) is 14.8 Å². The number of benzene rings is 1. The largest absolute Gasteiger partial charge is 0.494 e. The van der Waals surface area contributed by atoms with E-state index in [-0.39, 0.29) is 0 Å². The zero-order chi connectivity index (χ0) is 14.8. The zero-order valence-electron chi connectivity index (χ0n) is 12.6. The molecule has 21 heavy (non-hydrogen) atoms. The van der Waals surface area contributed by atoms with Crippen LogP contribution < -0.4 is 9.64 Å². The van der Waals surface area contributed by atoms with Gasteiger partial charge in [-0.05, 0) is 31.2 Å². The van der Waals surface area contributed by atoms with E-state index in [1.165, 1.54) is 0 Å². The van der Waals surface area contributed by atoms with Gasteiger partial charge in [-0.1, -0.05) is 25.6 Å². The Morgan fingerprint density at radius 1 is 1.19 bits per heavy atom. The first-order valence-electron chi connectivity index (χ1n) is 7.29. The van der Waals surface area contributed by atoms with Crippen molar-refractivity contribution < 1.29 is 4.74 Å². The van der Waals surface area contributed by atoms with E-state index in [2.05, 4.69) is 45.6 Å². The molecule has 0 spiro atoms. The van der Waals surface area contributed by atoms with Gasteiger partial charge in [-0.15, -0.1) is 10.2 Å². The van der Waals surface area contributed by atoms with Gasteiger partial charge in [0.15, 0.2) is 5.16 Å². The quantitative estimate of drug-likeness (QED) is 0.793. The summed E-state index contributed by atoms with van der Waals surface area (Å²) in [5, 5.41) is 10.2. The molecule has 112 valence electrons. The van der Waals surface area contributed by atoms with Gasteiger partial charge in [0.05, 0.1) is 6.61 Å². The van der Waals surface area contributed by atoms with Gasteiger partial charge in [-0.25, -0.2) is 0 Å². The fourth-order valence-electron chi connectivity index (χ4n) is 2.41. The first-order chi connectivity index (χ1) is 10.2. The minimum Gasteiger partial charge on any atom is -0.494 e. The predicted molar refractivity (Wildman–Crippen MR) is 85.6 cm³/mol. The van der Waals surface area contributed by atoms with Crippen LogP contribution in [0.2, 0.25) is 0 Å². The first-order valence-corrected chi connectivity index (χ1v) is 8.17. The molecule has 0 bridgehead atoms. The lowest BCUT2D eigenvalue weighted by molar-refractivity contribution is 0.340. The molecule has 0 radical (unpaired) electrons. The standard InChI is InChI=1S/C15H20N4OS/c1-4-20-13-7-5-12(6-8-13)18-9-10-19-14(18)16-17-15(19)21-11(2)3/h5-8,11H,4,9-10H2,1-3H3. The van der Waals surface area contributed by atoms with Crippen LogP contribution in [-0.4, -0.2) is 33.2 Å². The summed E-state index contributed by atoms with van der Waals surface area (Å²) < 4.78 is 7.68. The summed E-state index contributed by atoms with van der Waals surface area (Å²) in [6.45, 7) is 8.89. The Morgan fingerprint density at radius 2 is 1.95 bits per heavy atom. The van der Waals surface area contributed by atoms with Crippen molar-refractivity contribution in [2.24, 2.45) is 0 Å². The third-order valence-corrected chi connectivity index (χ3v) is 4.27. The van der Waals surface area contributed by atoms with Gasteiger partial charge >= 0.3 is 0 Å². The number of anilines is 2. The molecule has 6 heteroatoms. The van der Waals surface area contributed by atoms with Gasteiger partial charge in [-0.3, -0.25) is 4.57 Å². The second-order valence-corrected chi connectivity index (χ2v) is 6.72. The Hall–Kier alpha value is -1.69. The maximum Gasteiger partial charge on any atom is 0.232 e. The van der Waals surface area contributed by atoms with Gasteiger partial charge in [0, 0.05) is 24.0 Å². The lowest BCUT2D eigenvalue weighted by atomic mass is 10.3. The lowest BCUT2D eigenvalue weighted by Gasteiger charge is -2.15. The summed E-state index contributed by atoms with van der Waals surface area (Å²) in [5.41, 5.74) is 1.13. The normalized spacial score (nSPS) is 13.8. The molecule has 0 fully saturated rings. The van der Waals surface area contributed by atoms with E-state index < -0.39 is 0 Å². The number of hydrogen-bond donors (Lipinski definition) is 0. The summed E-state index contributed by atoms with van der Waals surface area (Å²) in [4.78, 5) is 2.20. The summed E-state index contributed by atoms with van der Waals surface area (Å²) in [7, 11) is 0. The fraction of sp³-hybridized carbons (Fsp3) is 0.467. The molecule has 1 aromatic carbocycles. The molecule has 1 aliphatic rings. The van der Waals surface area contributed by atoms with Gasteiger partial charge in [-0.2, -0.15) is 0 Å². The molecule has 5 nitrogen and oxygen atoms in total. The van der Waals surface area contributed by atoms with Crippen molar-refractivity contribution in [3.63, 3.8) is 0 Å². The maximum atomic E-state index is 5.49.